The topological polar surface area (TPSA) is 91.0 Å². The summed E-state index contributed by atoms with van der Waals surface area (Å²) in [6, 6.07) is 15.8. The number of carbonyl (C=O) groups excluding carboxylic acids is 3. The van der Waals surface area contributed by atoms with Gasteiger partial charge in [-0.05, 0) is 43.8 Å². The molecule has 1 saturated heterocycles. The third-order valence-corrected chi connectivity index (χ3v) is 5.38. The molecule has 0 saturated carbocycles. The Morgan fingerprint density at radius 2 is 1.85 bits per heavy atom. The number of amides is 3. The van der Waals surface area contributed by atoms with Crippen LogP contribution in [0.2, 0.25) is 0 Å². The Hall–Kier alpha value is -3.39. The van der Waals surface area contributed by atoms with E-state index in [1.165, 1.54) is 4.90 Å². The molecule has 0 aliphatic carbocycles. The monoisotopic (exact) mass is 452 g/mol. The summed E-state index contributed by atoms with van der Waals surface area (Å²) in [6.45, 7) is 3.33. The molecule has 8 nitrogen and oxygen atoms in total. The first kappa shape index (κ1) is 24.3. The van der Waals surface area contributed by atoms with Gasteiger partial charge in [0.05, 0.1) is 6.54 Å². The third kappa shape index (κ3) is 6.55. The van der Waals surface area contributed by atoms with Gasteiger partial charge in [-0.2, -0.15) is 0 Å². The fourth-order valence-corrected chi connectivity index (χ4v) is 3.74. The summed E-state index contributed by atoms with van der Waals surface area (Å²) in [4.78, 5) is 41.5. The number of nitrogens with one attached hydrogen (secondary N) is 2. The number of cyclic esters (lactones) is 1. The first-order chi connectivity index (χ1) is 15.9. The Labute approximate surface area is 194 Å². The number of hydrogen-bond donors (Lipinski definition) is 2. The van der Waals surface area contributed by atoms with E-state index in [4.69, 9.17) is 4.74 Å². The van der Waals surface area contributed by atoms with Crippen LogP contribution < -0.4 is 10.6 Å². The number of likely N-dealkylation sites (N-methyl/N-ethyl adjacent to an activating group) is 1. The van der Waals surface area contributed by atoms with Gasteiger partial charge in [0.15, 0.2) is 12.1 Å². The molecule has 1 fully saturated rings. The highest BCUT2D eigenvalue weighted by Gasteiger charge is 2.47. The van der Waals surface area contributed by atoms with Crippen LogP contribution in [0.3, 0.4) is 0 Å². The van der Waals surface area contributed by atoms with Gasteiger partial charge >= 0.3 is 6.09 Å². The fraction of sp³-hybridized carbons (Fsp3) is 0.400. The second-order valence-electron chi connectivity index (χ2n) is 8.38. The van der Waals surface area contributed by atoms with Gasteiger partial charge in [0.25, 0.3) is 0 Å². The second kappa shape index (κ2) is 11.5. The van der Waals surface area contributed by atoms with Crippen molar-refractivity contribution in [3.05, 3.63) is 65.7 Å². The standard InChI is InChI=1S/C25H32N4O4/c1-4-9-21(30)27-20-13-8-12-19(16-20)23-22(24(31)26-14-15-28(2)3)29(25(32)33-23)17-18-10-6-5-7-11-18/h5-8,10-13,16,22-23H,4,9,14-15,17H2,1-3H3,(H,26,31)(H,27,30). The molecule has 2 unspecified atom stereocenters. The van der Waals surface area contributed by atoms with Crippen molar-refractivity contribution in [3.63, 3.8) is 0 Å². The van der Waals surface area contributed by atoms with Crippen molar-refractivity contribution >= 4 is 23.6 Å². The maximum absolute atomic E-state index is 13.2. The highest BCUT2D eigenvalue weighted by Crippen LogP contribution is 2.35. The summed E-state index contributed by atoms with van der Waals surface area (Å²) in [6.07, 6.45) is -0.166. The van der Waals surface area contributed by atoms with Crippen LogP contribution in [0.1, 0.15) is 37.0 Å². The molecule has 3 amide bonds. The normalized spacial score (nSPS) is 17.7. The van der Waals surface area contributed by atoms with Gasteiger partial charge < -0.3 is 20.3 Å². The predicted molar refractivity (Wildman–Crippen MR) is 127 cm³/mol. The SMILES string of the molecule is CCCC(=O)Nc1cccc(C2OC(=O)N(Cc3ccccc3)C2C(=O)NCCN(C)C)c1. The molecule has 2 N–H and O–H groups in total. The highest BCUT2D eigenvalue weighted by atomic mass is 16.6. The molecule has 2 aromatic rings. The van der Waals surface area contributed by atoms with E-state index >= 15 is 0 Å². The van der Waals surface area contributed by atoms with Crippen molar-refractivity contribution in [1.29, 1.82) is 0 Å². The Morgan fingerprint density at radius 1 is 1.09 bits per heavy atom. The van der Waals surface area contributed by atoms with Crippen LogP contribution in [0.15, 0.2) is 54.6 Å². The maximum atomic E-state index is 13.2. The van der Waals surface area contributed by atoms with Crippen LogP contribution in [0.5, 0.6) is 0 Å². The Bertz CT molecular complexity index is 964. The van der Waals surface area contributed by atoms with Crippen LogP contribution in [-0.4, -0.2) is 60.9 Å². The number of hydrogen-bond acceptors (Lipinski definition) is 5. The zero-order valence-electron chi connectivity index (χ0n) is 19.4. The number of carbonyl (C=O) groups is 3. The molecule has 1 heterocycles. The lowest BCUT2D eigenvalue weighted by Crippen LogP contribution is -2.47. The van der Waals surface area contributed by atoms with Gasteiger partial charge in [0, 0.05) is 25.2 Å². The number of rotatable bonds is 10. The summed E-state index contributed by atoms with van der Waals surface area (Å²) in [5.41, 5.74) is 2.16. The van der Waals surface area contributed by atoms with Crippen molar-refractivity contribution in [1.82, 2.24) is 15.1 Å². The van der Waals surface area contributed by atoms with E-state index in [0.717, 1.165) is 12.0 Å². The van der Waals surface area contributed by atoms with Crippen LogP contribution >= 0.6 is 0 Å². The summed E-state index contributed by atoms with van der Waals surface area (Å²) >= 11 is 0. The van der Waals surface area contributed by atoms with Crippen LogP contribution in [0.4, 0.5) is 10.5 Å². The van der Waals surface area contributed by atoms with Crippen molar-refractivity contribution in [2.75, 3.05) is 32.5 Å². The van der Waals surface area contributed by atoms with E-state index in [2.05, 4.69) is 10.6 Å². The smallest absolute Gasteiger partial charge is 0.411 e. The first-order valence-corrected chi connectivity index (χ1v) is 11.2. The van der Waals surface area contributed by atoms with E-state index in [1.54, 1.807) is 24.3 Å². The van der Waals surface area contributed by atoms with Crippen LogP contribution in [0, 0.1) is 0 Å². The Morgan fingerprint density at radius 3 is 2.55 bits per heavy atom. The fourth-order valence-electron chi connectivity index (χ4n) is 3.74. The zero-order valence-corrected chi connectivity index (χ0v) is 19.4. The van der Waals surface area contributed by atoms with Crippen molar-refractivity contribution < 1.29 is 19.1 Å². The van der Waals surface area contributed by atoms with Crippen LogP contribution in [-0.2, 0) is 20.9 Å². The maximum Gasteiger partial charge on any atom is 0.411 e. The molecule has 0 spiro atoms. The molecule has 1 aliphatic heterocycles. The van der Waals surface area contributed by atoms with E-state index in [1.807, 2.05) is 56.3 Å². The number of nitrogens with zero attached hydrogens (tertiary/aromatic N) is 2. The van der Waals surface area contributed by atoms with Crippen molar-refractivity contribution in [2.45, 2.75) is 38.5 Å². The van der Waals surface area contributed by atoms with Gasteiger partial charge in [-0.3, -0.25) is 14.5 Å². The number of benzene rings is 2. The van der Waals surface area contributed by atoms with Gasteiger partial charge in [-0.1, -0.05) is 49.4 Å². The molecule has 3 rings (SSSR count). The Balaban J connectivity index is 1.86. The van der Waals surface area contributed by atoms with Gasteiger partial charge in [-0.15, -0.1) is 0 Å². The van der Waals surface area contributed by atoms with E-state index < -0.39 is 18.2 Å². The van der Waals surface area contributed by atoms with E-state index in [0.29, 0.717) is 30.8 Å². The summed E-state index contributed by atoms with van der Waals surface area (Å²) < 4.78 is 5.70. The number of anilines is 1. The molecule has 33 heavy (non-hydrogen) atoms. The minimum absolute atomic E-state index is 0.0817. The highest BCUT2D eigenvalue weighted by molar-refractivity contribution is 5.91. The lowest BCUT2D eigenvalue weighted by molar-refractivity contribution is -0.126. The molecule has 0 aromatic heterocycles. The van der Waals surface area contributed by atoms with E-state index in [9.17, 15) is 14.4 Å². The summed E-state index contributed by atoms with van der Waals surface area (Å²) in [7, 11) is 3.86. The predicted octanol–water partition coefficient (Wildman–Crippen LogP) is 3.17. The molecule has 0 radical (unpaired) electrons. The summed E-state index contributed by atoms with van der Waals surface area (Å²) in [5.74, 6) is -0.356. The minimum Gasteiger partial charge on any atom is -0.438 e. The molecular weight excluding hydrogens is 420 g/mol. The van der Waals surface area contributed by atoms with Gasteiger partial charge in [0.2, 0.25) is 11.8 Å². The molecule has 176 valence electrons. The number of ether oxygens (including phenoxy) is 1. The van der Waals surface area contributed by atoms with Crippen molar-refractivity contribution in [3.8, 4) is 0 Å². The van der Waals surface area contributed by atoms with E-state index in [-0.39, 0.29) is 18.4 Å². The first-order valence-electron chi connectivity index (χ1n) is 11.2. The van der Waals surface area contributed by atoms with Crippen molar-refractivity contribution in [2.24, 2.45) is 0 Å². The zero-order chi connectivity index (χ0) is 23.8. The Kier molecular flexibility index (Phi) is 8.43. The molecule has 2 aromatic carbocycles. The lowest BCUT2D eigenvalue weighted by Gasteiger charge is -2.24. The molecule has 8 heteroatoms. The third-order valence-electron chi connectivity index (χ3n) is 5.38. The van der Waals surface area contributed by atoms with Gasteiger partial charge in [-0.25, -0.2) is 4.79 Å². The molecule has 1 aliphatic rings. The molecular formula is C25H32N4O4. The largest absolute Gasteiger partial charge is 0.438 e. The molecule has 0 bridgehead atoms. The average molecular weight is 453 g/mol. The molecule has 2 atom stereocenters. The van der Waals surface area contributed by atoms with Gasteiger partial charge in [0.1, 0.15) is 0 Å². The quantitative estimate of drug-likeness (QED) is 0.578. The second-order valence-corrected chi connectivity index (χ2v) is 8.38. The average Bonchev–Trinajstić information content (AvgIpc) is 3.10. The van der Waals surface area contributed by atoms with Crippen LogP contribution in [0.25, 0.3) is 0 Å². The summed E-state index contributed by atoms with van der Waals surface area (Å²) in [5, 5.41) is 5.79. The lowest BCUT2D eigenvalue weighted by atomic mass is 10.00. The minimum atomic E-state index is -0.832.